The quantitative estimate of drug-likeness (QED) is 0.805. The number of ether oxygens (including phenoxy) is 1. The Labute approximate surface area is 101 Å². The van der Waals surface area contributed by atoms with Crippen LogP contribution in [0.4, 0.5) is 0 Å². The summed E-state index contributed by atoms with van der Waals surface area (Å²) in [6.07, 6.45) is 0. The largest absolute Gasteiger partial charge is 0.494 e. The Hall–Kier alpha value is -1.22. The lowest BCUT2D eigenvalue weighted by atomic mass is 10.1. The van der Waals surface area contributed by atoms with E-state index in [-0.39, 0.29) is 17.8 Å². The molecule has 0 aliphatic carbocycles. The van der Waals surface area contributed by atoms with Crippen LogP contribution >= 0.6 is 11.6 Å². The molecule has 1 aromatic carbocycles. The van der Waals surface area contributed by atoms with E-state index < -0.39 is 0 Å². The van der Waals surface area contributed by atoms with Gasteiger partial charge in [0.1, 0.15) is 11.6 Å². The van der Waals surface area contributed by atoms with Gasteiger partial charge in [-0.05, 0) is 31.5 Å². The lowest BCUT2D eigenvalue weighted by molar-refractivity contribution is -0.119. The Bertz CT molecular complexity index is 337. The van der Waals surface area contributed by atoms with Crippen LogP contribution in [0.2, 0.25) is 0 Å². The molecule has 0 saturated heterocycles. The number of rotatable bonds is 5. The van der Waals surface area contributed by atoms with E-state index in [9.17, 15) is 4.79 Å². The highest BCUT2D eigenvalue weighted by atomic mass is 35.5. The monoisotopic (exact) mass is 241 g/mol. The van der Waals surface area contributed by atoms with E-state index in [1.165, 1.54) is 0 Å². The highest BCUT2D eigenvalue weighted by Gasteiger charge is 2.08. The first-order chi connectivity index (χ1) is 7.67. The van der Waals surface area contributed by atoms with Gasteiger partial charge in [0.2, 0.25) is 5.91 Å². The second-order valence-corrected chi connectivity index (χ2v) is 3.69. The zero-order valence-electron chi connectivity index (χ0n) is 9.50. The van der Waals surface area contributed by atoms with E-state index in [1.807, 2.05) is 38.1 Å². The van der Waals surface area contributed by atoms with Crippen LogP contribution in [0.25, 0.3) is 0 Å². The minimum Gasteiger partial charge on any atom is -0.494 e. The van der Waals surface area contributed by atoms with Gasteiger partial charge in [0.25, 0.3) is 0 Å². The van der Waals surface area contributed by atoms with Gasteiger partial charge in [-0.25, -0.2) is 0 Å². The molecule has 0 fully saturated rings. The number of benzene rings is 1. The maximum atomic E-state index is 11.1. The van der Waals surface area contributed by atoms with Gasteiger partial charge >= 0.3 is 0 Å². The first-order valence-corrected chi connectivity index (χ1v) is 5.79. The summed E-state index contributed by atoms with van der Waals surface area (Å²) >= 11 is 5.42. The number of alkyl halides is 1. The van der Waals surface area contributed by atoms with Crippen molar-refractivity contribution >= 4 is 17.5 Å². The van der Waals surface area contributed by atoms with Crippen molar-refractivity contribution in [1.82, 2.24) is 5.32 Å². The van der Waals surface area contributed by atoms with Crippen molar-refractivity contribution in [2.45, 2.75) is 19.9 Å². The number of hydrogen-bond acceptors (Lipinski definition) is 2. The Morgan fingerprint density at radius 3 is 2.56 bits per heavy atom. The second-order valence-electron chi connectivity index (χ2n) is 3.42. The summed E-state index contributed by atoms with van der Waals surface area (Å²) in [4.78, 5) is 11.1. The molecule has 1 rings (SSSR count). The first kappa shape index (κ1) is 12.8. The van der Waals surface area contributed by atoms with Crippen molar-refractivity contribution < 1.29 is 9.53 Å². The minimum absolute atomic E-state index is 0.0125. The number of carbonyl (C=O) groups excluding carboxylic acids is 1. The summed E-state index contributed by atoms with van der Waals surface area (Å²) in [6.45, 7) is 4.51. The summed E-state index contributed by atoms with van der Waals surface area (Å²) < 4.78 is 5.33. The number of halogens is 1. The summed E-state index contributed by atoms with van der Waals surface area (Å²) in [7, 11) is 0. The molecule has 1 N–H and O–H groups in total. The molecule has 1 unspecified atom stereocenters. The smallest absolute Gasteiger partial charge is 0.235 e. The molecule has 0 aliphatic heterocycles. The molecule has 88 valence electrons. The van der Waals surface area contributed by atoms with Gasteiger partial charge in [0.05, 0.1) is 12.6 Å². The average molecular weight is 242 g/mol. The van der Waals surface area contributed by atoms with E-state index in [1.54, 1.807) is 0 Å². The molecule has 0 aliphatic rings. The van der Waals surface area contributed by atoms with Crippen LogP contribution < -0.4 is 10.1 Å². The van der Waals surface area contributed by atoms with Crippen molar-refractivity contribution in [3.8, 4) is 5.75 Å². The van der Waals surface area contributed by atoms with Gasteiger partial charge in [0, 0.05) is 0 Å². The molecule has 0 saturated carbocycles. The summed E-state index contributed by atoms with van der Waals surface area (Å²) in [5.41, 5.74) is 1.03. The van der Waals surface area contributed by atoms with Crippen molar-refractivity contribution in [2.24, 2.45) is 0 Å². The fourth-order valence-electron chi connectivity index (χ4n) is 1.38. The summed E-state index contributed by atoms with van der Waals surface area (Å²) in [5, 5.41) is 2.79. The van der Waals surface area contributed by atoms with Crippen molar-refractivity contribution in [2.75, 3.05) is 12.5 Å². The van der Waals surface area contributed by atoms with Gasteiger partial charge in [-0.2, -0.15) is 0 Å². The zero-order chi connectivity index (χ0) is 12.0. The highest BCUT2D eigenvalue weighted by Crippen LogP contribution is 2.17. The molecular weight excluding hydrogens is 226 g/mol. The van der Waals surface area contributed by atoms with Crippen LogP contribution in [0, 0.1) is 0 Å². The molecule has 0 bridgehead atoms. The molecule has 0 heterocycles. The van der Waals surface area contributed by atoms with E-state index >= 15 is 0 Å². The second kappa shape index (κ2) is 6.38. The lowest BCUT2D eigenvalue weighted by Crippen LogP contribution is -2.27. The predicted molar refractivity (Wildman–Crippen MR) is 64.9 cm³/mol. The number of nitrogens with one attached hydrogen (secondary N) is 1. The van der Waals surface area contributed by atoms with Crippen LogP contribution in [0.1, 0.15) is 25.5 Å². The van der Waals surface area contributed by atoms with E-state index in [0.717, 1.165) is 11.3 Å². The van der Waals surface area contributed by atoms with Gasteiger partial charge in [-0.3, -0.25) is 4.79 Å². The van der Waals surface area contributed by atoms with Gasteiger partial charge < -0.3 is 10.1 Å². The van der Waals surface area contributed by atoms with Crippen molar-refractivity contribution in [1.29, 1.82) is 0 Å². The molecule has 0 spiro atoms. The third kappa shape index (κ3) is 3.74. The Kier molecular flexibility index (Phi) is 5.12. The van der Waals surface area contributed by atoms with Crippen LogP contribution in [-0.4, -0.2) is 18.4 Å². The molecule has 1 aromatic rings. The van der Waals surface area contributed by atoms with Gasteiger partial charge in [-0.1, -0.05) is 12.1 Å². The lowest BCUT2D eigenvalue weighted by Gasteiger charge is -2.13. The Morgan fingerprint density at radius 2 is 2.06 bits per heavy atom. The fraction of sp³-hybridized carbons (Fsp3) is 0.417. The van der Waals surface area contributed by atoms with E-state index in [0.29, 0.717) is 6.61 Å². The number of amides is 1. The number of carbonyl (C=O) groups is 1. The van der Waals surface area contributed by atoms with Crippen molar-refractivity contribution in [3.63, 3.8) is 0 Å². The zero-order valence-corrected chi connectivity index (χ0v) is 10.3. The van der Waals surface area contributed by atoms with E-state index in [4.69, 9.17) is 16.3 Å². The van der Waals surface area contributed by atoms with E-state index in [2.05, 4.69) is 5.32 Å². The molecule has 16 heavy (non-hydrogen) atoms. The van der Waals surface area contributed by atoms with Crippen LogP contribution in [0.3, 0.4) is 0 Å². The van der Waals surface area contributed by atoms with Gasteiger partial charge in [0.15, 0.2) is 0 Å². The first-order valence-electron chi connectivity index (χ1n) is 5.25. The molecule has 0 aromatic heterocycles. The maximum Gasteiger partial charge on any atom is 0.235 e. The average Bonchev–Trinajstić information content (AvgIpc) is 2.30. The third-order valence-corrected chi connectivity index (χ3v) is 2.43. The van der Waals surface area contributed by atoms with Crippen molar-refractivity contribution in [3.05, 3.63) is 29.8 Å². The molecule has 3 nitrogen and oxygen atoms in total. The topological polar surface area (TPSA) is 38.3 Å². The van der Waals surface area contributed by atoms with Gasteiger partial charge in [-0.15, -0.1) is 11.6 Å². The third-order valence-electron chi connectivity index (χ3n) is 2.19. The fourth-order valence-corrected chi connectivity index (χ4v) is 1.46. The highest BCUT2D eigenvalue weighted by molar-refractivity contribution is 6.27. The maximum absolute atomic E-state index is 11.1. The molecule has 4 heteroatoms. The Balaban J connectivity index is 2.62. The van der Waals surface area contributed by atoms with Crippen LogP contribution in [0.15, 0.2) is 24.3 Å². The molecule has 1 amide bonds. The SMILES string of the molecule is CCOc1ccc(C(C)NC(=O)CCl)cc1. The predicted octanol–water partition coefficient (Wildman–Crippen LogP) is 2.50. The standard InChI is InChI=1S/C12H16ClNO2/c1-3-16-11-6-4-10(5-7-11)9(2)14-12(15)8-13/h4-7,9H,3,8H2,1-2H3,(H,14,15). The summed E-state index contributed by atoms with van der Waals surface area (Å²) in [5.74, 6) is 0.659. The van der Waals surface area contributed by atoms with Crippen LogP contribution in [-0.2, 0) is 4.79 Å². The normalized spacial score (nSPS) is 11.9. The Morgan fingerprint density at radius 1 is 1.44 bits per heavy atom. The molecule has 1 atom stereocenters. The minimum atomic E-state index is -0.164. The summed E-state index contributed by atoms with van der Waals surface area (Å²) in [6, 6.07) is 7.61. The van der Waals surface area contributed by atoms with Crippen LogP contribution in [0.5, 0.6) is 5.75 Å². The molecule has 0 radical (unpaired) electrons. The molecular formula is C12H16ClNO2. The number of hydrogen-bond donors (Lipinski definition) is 1.